The van der Waals surface area contributed by atoms with Crippen molar-refractivity contribution in [2.24, 2.45) is 5.73 Å². The van der Waals surface area contributed by atoms with Gasteiger partial charge in [0, 0.05) is 4.47 Å². The molecule has 0 radical (unpaired) electrons. The normalized spacial score (nSPS) is 9.86. The van der Waals surface area contributed by atoms with E-state index in [4.69, 9.17) is 10.5 Å². The van der Waals surface area contributed by atoms with Crippen LogP contribution in [-0.4, -0.2) is 12.5 Å². The number of benzene rings is 1. The van der Waals surface area contributed by atoms with Crippen molar-refractivity contribution in [1.29, 1.82) is 0 Å². The van der Waals surface area contributed by atoms with E-state index < -0.39 is 0 Å². The lowest BCUT2D eigenvalue weighted by Gasteiger charge is -2.06. The van der Waals surface area contributed by atoms with E-state index in [0.29, 0.717) is 12.4 Å². The monoisotopic (exact) mass is 321 g/mol. The number of primary amides is 1. The Kier molecular flexibility index (Phi) is 4.41. The van der Waals surface area contributed by atoms with E-state index in [1.807, 2.05) is 18.2 Å². The van der Waals surface area contributed by atoms with Crippen LogP contribution in [0.5, 0.6) is 5.75 Å². The third kappa shape index (κ3) is 3.67. The summed E-state index contributed by atoms with van der Waals surface area (Å²) in [6.45, 7) is 0.301. The van der Waals surface area contributed by atoms with Gasteiger partial charge in [0.2, 0.25) is 5.91 Å². The highest BCUT2D eigenvalue weighted by molar-refractivity contribution is 9.11. The number of amides is 1. The number of hydrogen-bond donors (Lipinski definition) is 1. The van der Waals surface area contributed by atoms with E-state index >= 15 is 0 Å². The van der Waals surface area contributed by atoms with E-state index in [0.717, 1.165) is 8.95 Å². The Morgan fingerprint density at radius 3 is 2.71 bits per heavy atom. The molecule has 0 aliphatic carbocycles. The highest BCUT2D eigenvalue weighted by atomic mass is 79.9. The van der Waals surface area contributed by atoms with Gasteiger partial charge in [0.15, 0.2) is 0 Å². The zero-order valence-corrected chi connectivity index (χ0v) is 10.5. The molecule has 1 amide bonds. The third-order valence-corrected chi connectivity index (χ3v) is 2.61. The fraction of sp³-hybridized carbons (Fsp3) is 0.222. The Morgan fingerprint density at radius 2 is 2.14 bits per heavy atom. The van der Waals surface area contributed by atoms with Crippen LogP contribution >= 0.6 is 31.9 Å². The Morgan fingerprint density at radius 1 is 1.43 bits per heavy atom. The van der Waals surface area contributed by atoms with Gasteiger partial charge in [-0.2, -0.15) is 0 Å². The second-order valence-electron chi connectivity index (χ2n) is 2.64. The summed E-state index contributed by atoms with van der Waals surface area (Å²) in [5.74, 6) is 0.340. The van der Waals surface area contributed by atoms with Gasteiger partial charge in [0.1, 0.15) is 5.75 Å². The predicted molar refractivity (Wildman–Crippen MR) is 61.1 cm³/mol. The van der Waals surface area contributed by atoms with Crippen molar-refractivity contribution in [3.05, 3.63) is 27.1 Å². The molecule has 1 aromatic rings. The van der Waals surface area contributed by atoms with Crippen LogP contribution in [-0.2, 0) is 4.79 Å². The van der Waals surface area contributed by atoms with Gasteiger partial charge >= 0.3 is 0 Å². The van der Waals surface area contributed by atoms with Crippen LogP contribution in [0.1, 0.15) is 6.42 Å². The zero-order valence-electron chi connectivity index (χ0n) is 7.30. The molecule has 0 aromatic heterocycles. The maximum Gasteiger partial charge on any atom is 0.220 e. The quantitative estimate of drug-likeness (QED) is 0.925. The Labute approximate surface area is 98.9 Å². The number of rotatable bonds is 4. The van der Waals surface area contributed by atoms with Crippen LogP contribution in [0.4, 0.5) is 0 Å². The van der Waals surface area contributed by atoms with Crippen molar-refractivity contribution >= 4 is 37.8 Å². The second-order valence-corrected chi connectivity index (χ2v) is 4.41. The third-order valence-electron chi connectivity index (χ3n) is 1.50. The minimum atomic E-state index is -0.363. The number of nitrogens with two attached hydrogens (primary N) is 1. The van der Waals surface area contributed by atoms with E-state index in [1.54, 1.807) is 0 Å². The molecule has 5 heteroatoms. The van der Waals surface area contributed by atoms with Gasteiger partial charge in [-0.05, 0) is 34.1 Å². The Balaban J connectivity index is 2.55. The lowest BCUT2D eigenvalue weighted by Crippen LogP contribution is -2.14. The molecule has 76 valence electrons. The number of halogens is 2. The summed E-state index contributed by atoms with van der Waals surface area (Å²) in [6, 6.07) is 5.55. The van der Waals surface area contributed by atoms with Gasteiger partial charge in [0.05, 0.1) is 17.5 Å². The molecule has 0 unspecified atom stereocenters. The van der Waals surface area contributed by atoms with Gasteiger partial charge in [0.25, 0.3) is 0 Å². The molecule has 0 heterocycles. The molecule has 0 fully saturated rings. The first-order valence-corrected chi connectivity index (χ1v) is 5.54. The van der Waals surface area contributed by atoms with Crippen molar-refractivity contribution in [3.8, 4) is 5.75 Å². The topological polar surface area (TPSA) is 52.3 Å². The maximum atomic E-state index is 10.5. The lowest BCUT2D eigenvalue weighted by atomic mass is 10.3. The molecule has 3 nitrogen and oxygen atoms in total. The summed E-state index contributed by atoms with van der Waals surface area (Å²) in [7, 11) is 0. The average Bonchev–Trinajstić information content (AvgIpc) is 2.08. The summed E-state index contributed by atoms with van der Waals surface area (Å²) in [5.41, 5.74) is 4.98. The molecule has 0 aliphatic rings. The standard InChI is InChI=1S/C9H9Br2NO2/c10-6-1-2-8(7(11)5-6)14-4-3-9(12)13/h1-2,5H,3-4H2,(H2,12,13). The summed E-state index contributed by atoms with van der Waals surface area (Å²) >= 11 is 6.67. The number of hydrogen-bond acceptors (Lipinski definition) is 2. The molecule has 0 bridgehead atoms. The highest BCUT2D eigenvalue weighted by Crippen LogP contribution is 2.28. The second kappa shape index (κ2) is 5.36. The Hall–Kier alpha value is -0.550. The van der Waals surface area contributed by atoms with Crippen LogP contribution in [0.25, 0.3) is 0 Å². The molecule has 14 heavy (non-hydrogen) atoms. The molecule has 1 rings (SSSR count). The van der Waals surface area contributed by atoms with Crippen molar-refractivity contribution < 1.29 is 9.53 Å². The number of ether oxygens (including phenoxy) is 1. The minimum absolute atomic E-state index is 0.225. The molecule has 0 atom stereocenters. The smallest absolute Gasteiger partial charge is 0.220 e. The van der Waals surface area contributed by atoms with Gasteiger partial charge in [-0.25, -0.2) is 0 Å². The summed E-state index contributed by atoms with van der Waals surface area (Å²) < 4.78 is 7.14. The predicted octanol–water partition coefficient (Wildman–Crippen LogP) is 2.47. The molecule has 0 saturated heterocycles. The summed E-state index contributed by atoms with van der Waals surface area (Å²) in [6.07, 6.45) is 0.225. The zero-order chi connectivity index (χ0) is 10.6. The highest BCUT2D eigenvalue weighted by Gasteiger charge is 2.02. The first-order chi connectivity index (χ1) is 6.59. The van der Waals surface area contributed by atoms with Crippen LogP contribution in [0, 0.1) is 0 Å². The fourth-order valence-electron chi connectivity index (χ4n) is 0.854. The van der Waals surface area contributed by atoms with Crippen LogP contribution < -0.4 is 10.5 Å². The first-order valence-electron chi connectivity index (χ1n) is 3.96. The van der Waals surface area contributed by atoms with E-state index in [9.17, 15) is 4.79 Å². The van der Waals surface area contributed by atoms with Crippen molar-refractivity contribution in [2.75, 3.05) is 6.61 Å². The van der Waals surface area contributed by atoms with Gasteiger partial charge in [-0.3, -0.25) is 4.79 Å². The van der Waals surface area contributed by atoms with Crippen LogP contribution in [0.2, 0.25) is 0 Å². The fourth-order valence-corrected chi connectivity index (χ4v) is 2.02. The molecule has 1 aromatic carbocycles. The van der Waals surface area contributed by atoms with E-state index in [2.05, 4.69) is 31.9 Å². The minimum Gasteiger partial charge on any atom is -0.492 e. The van der Waals surface area contributed by atoms with Crippen LogP contribution in [0.15, 0.2) is 27.1 Å². The molecular formula is C9H9Br2NO2. The average molecular weight is 323 g/mol. The van der Waals surface area contributed by atoms with Crippen molar-refractivity contribution in [1.82, 2.24) is 0 Å². The Bertz CT molecular complexity index is 342. The lowest BCUT2D eigenvalue weighted by molar-refractivity contribution is -0.118. The number of carbonyl (C=O) groups excluding carboxylic acids is 1. The summed E-state index contributed by atoms with van der Waals surface area (Å²) in [5, 5.41) is 0. The SMILES string of the molecule is NC(=O)CCOc1ccc(Br)cc1Br. The van der Waals surface area contributed by atoms with Gasteiger partial charge in [-0.15, -0.1) is 0 Å². The number of carbonyl (C=O) groups is 1. The van der Waals surface area contributed by atoms with E-state index in [1.165, 1.54) is 0 Å². The molecule has 0 saturated carbocycles. The van der Waals surface area contributed by atoms with Crippen molar-refractivity contribution in [2.45, 2.75) is 6.42 Å². The molecule has 0 spiro atoms. The molecule has 0 aliphatic heterocycles. The van der Waals surface area contributed by atoms with Crippen LogP contribution in [0.3, 0.4) is 0 Å². The molecular weight excluding hydrogens is 314 g/mol. The van der Waals surface area contributed by atoms with Gasteiger partial charge < -0.3 is 10.5 Å². The van der Waals surface area contributed by atoms with E-state index in [-0.39, 0.29) is 12.3 Å². The summed E-state index contributed by atoms with van der Waals surface area (Å²) in [4.78, 5) is 10.5. The maximum absolute atomic E-state index is 10.5. The largest absolute Gasteiger partial charge is 0.492 e. The van der Waals surface area contributed by atoms with Gasteiger partial charge in [-0.1, -0.05) is 15.9 Å². The molecule has 2 N–H and O–H groups in total. The first kappa shape index (κ1) is 11.5. The van der Waals surface area contributed by atoms with Crippen molar-refractivity contribution in [3.63, 3.8) is 0 Å².